The minimum Gasteiger partial charge on any atom is -0.481 e. The summed E-state index contributed by atoms with van der Waals surface area (Å²) in [6.45, 7) is 5.74. The normalized spacial score (nSPS) is 11.5. The number of rotatable bonds is 8. The summed E-state index contributed by atoms with van der Waals surface area (Å²) < 4.78 is 18.7. The van der Waals surface area contributed by atoms with Crippen molar-refractivity contribution in [2.75, 3.05) is 10.6 Å². The van der Waals surface area contributed by atoms with Crippen LogP contribution in [0.3, 0.4) is 0 Å². The van der Waals surface area contributed by atoms with Crippen LogP contribution in [0.5, 0.6) is 5.75 Å². The van der Waals surface area contributed by atoms with Crippen molar-refractivity contribution < 1.29 is 18.7 Å². The lowest BCUT2D eigenvalue weighted by molar-refractivity contribution is -0.122. The number of para-hydroxylation sites is 1. The summed E-state index contributed by atoms with van der Waals surface area (Å²) in [7, 11) is 0. The number of ether oxygens (including phenoxy) is 1. The average Bonchev–Trinajstić information content (AvgIpc) is 2.81. The molecule has 0 aliphatic heterocycles. The monoisotopic (exact) mass is 434 g/mol. The Labute approximate surface area is 187 Å². The molecule has 2 N–H and O–H groups in total. The first-order valence-electron chi connectivity index (χ1n) is 10.7. The number of hydrogen-bond acceptors (Lipinski definition) is 3. The summed E-state index contributed by atoms with van der Waals surface area (Å²) in [5, 5.41) is 5.71. The SMILES string of the molecule is CCc1cccc(CC)c1NC(=O)c1ccc(OC(C)C(=O)Nc2ccc(F)cc2)cc1. The molecule has 3 aromatic rings. The lowest BCUT2D eigenvalue weighted by Gasteiger charge is -2.16. The highest BCUT2D eigenvalue weighted by Crippen LogP contribution is 2.24. The Hall–Kier alpha value is -3.67. The van der Waals surface area contributed by atoms with Gasteiger partial charge in [-0.2, -0.15) is 0 Å². The Balaban J connectivity index is 1.63. The molecule has 0 bridgehead atoms. The third-order valence-corrected chi connectivity index (χ3v) is 5.15. The minimum atomic E-state index is -0.775. The molecule has 0 radical (unpaired) electrons. The highest BCUT2D eigenvalue weighted by Gasteiger charge is 2.16. The molecule has 3 rings (SSSR count). The van der Waals surface area contributed by atoms with Gasteiger partial charge in [0.15, 0.2) is 6.10 Å². The largest absolute Gasteiger partial charge is 0.481 e. The van der Waals surface area contributed by atoms with Gasteiger partial charge >= 0.3 is 0 Å². The summed E-state index contributed by atoms with van der Waals surface area (Å²) in [5.74, 6) is -0.469. The van der Waals surface area contributed by atoms with Gasteiger partial charge in [-0.1, -0.05) is 32.0 Å². The van der Waals surface area contributed by atoms with E-state index in [2.05, 4.69) is 24.5 Å². The molecule has 0 saturated heterocycles. The van der Waals surface area contributed by atoms with E-state index in [0.717, 1.165) is 29.7 Å². The zero-order chi connectivity index (χ0) is 23.1. The third-order valence-electron chi connectivity index (χ3n) is 5.15. The smallest absolute Gasteiger partial charge is 0.265 e. The topological polar surface area (TPSA) is 67.4 Å². The van der Waals surface area contributed by atoms with Crippen molar-refractivity contribution >= 4 is 23.2 Å². The Morgan fingerprint density at radius 1 is 0.875 bits per heavy atom. The second-order valence-electron chi connectivity index (χ2n) is 7.39. The van der Waals surface area contributed by atoms with Crippen molar-refractivity contribution in [1.29, 1.82) is 0 Å². The molecular formula is C26H27FN2O3. The molecule has 1 unspecified atom stereocenters. The first kappa shape index (κ1) is 23.0. The van der Waals surface area contributed by atoms with Crippen LogP contribution in [0, 0.1) is 5.82 Å². The molecule has 0 heterocycles. The second-order valence-corrected chi connectivity index (χ2v) is 7.39. The molecule has 0 fully saturated rings. The summed E-state index contributed by atoms with van der Waals surface area (Å²) in [6.07, 6.45) is 0.880. The molecule has 166 valence electrons. The molecule has 5 nitrogen and oxygen atoms in total. The second kappa shape index (κ2) is 10.6. The maximum atomic E-state index is 13.0. The Morgan fingerprint density at radius 3 is 2.03 bits per heavy atom. The Morgan fingerprint density at radius 2 is 1.47 bits per heavy atom. The lowest BCUT2D eigenvalue weighted by atomic mass is 10.0. The van der Waals surface area contributed by atoms with E-state index in [1.165, 1.54) is 24.3 Å². The number of amides is 2. The van der Waals surface area contributed by atoms with Gasteiger partial charge in [0.05, 0.1) is 0 Å². The van der Waals surface area contributed by atoms with E-state index in [1.807, 2.05) is 18.2 Å². The highest BCUT2D eigenvalue weighted by atomic mass is 19.1. The highest BCUT2D eigenvalue weighted by molar-refractivity contribution is 6.05. The molecular weight excluding hydrogens is 407 g/mol. The first-order chi connectivity index (χ1) is 15.4. The number of anilines is 2. The van der Waals surface area contributed by atoms with Gasteiger partial charge < -0.3 is 15.4 Å². The average molecular weight is 435 g/mol. The molecule has 0 spiro atoms. The van der Waals surface area contributed by atoms with E-state index >= 15 is 0 Å². The zero-order valence-electron chi connectivity index (χ0n) is 18.4. The van der Waals surface area contributed by atoms with Crippen LogP contribution < -0.4 is 15.4 Å². The van der Waals surface area contributed by atoms with Crippen molar-refractivity contribution in [3.05, 3.63) is 89.2 Å². The minimum absolute atomic E-state index is 0.200. The maximum Gasteiger partial charge on any atom is 0.265 e. The van der Waals surface area contributed by atoms with Crippen LogP contribution >= 0.6 is 0 Å². The van der Waals surface area contributed by atoms with Gasteiger partial charge in [-0.3, -0.25) is 9.59 Å². The Bertz CT molecular complexity index is 1060. The standard InChI is InChI=1S/C26H27FN2O3/c1-4-18-7-6-8-19(5-2)24(18)29-26(31)20-9-15-23(16-10-20)32-17(3)25(30)28-22-13-11-21(27)12-14-22/h6-17H,4-5H2,1-3H3,(H,28,30)(H,29,31). The predicted octanol–water partition coefficient (Wildman–Crippen LogP) is 5.61. The molecule has 0 aliphatic carbocycles. The molecule has 2 amide bonds. The number of nitrogens with one attached hydrogen (secondary N) is 2. The molecule has 3 aromatic carbocycles. The van der Waals surface area contributed by atoms with Crippen LogP contribution in [-0.4, -0.2) is 17.9 Å². The Kier molecular flexibility index (Phi) is 7.60. The van der Waals surface area contributed by atoms with E-state index in [4.69, 9.17) is 4.74 Å². The van der Waals surface area contributed by atoms with Crippen LogP contribution in [-0.2, 0) is 17.6 Å². The molecule has 0 aliphatic rings. The zero-order valence-corrected chi connectivity index (χ0v) is 18.4. The summed E-state index contributed by atoms with van der Waals surface area (Å²) in [4.78, 5) is 25.1. The van der Waals surface area contributed by atoms with Gasteiger partial charge in [0.25, 0.3) is 11.8 Å². The predicted molar refractivity (Wildman–Crippen MR) is 125 cm³/mol. The van der Waals surface area contributed by atoms with Gasteiger partial charge in [-0.25, -0.2) is 4.39 Å². The van der Waals surface area contributed by atoms with E-state index < -0.39 is 6.10 Å². The number of halogens is 1. The van der Waals surface area contributed by atoms with Crippen molar-refractivity contribution in [2.24, 2.45) is 0 Å². The van der Waals surface area contributed by atoms with E-state index in [9.17, 15) is 14.0 Å². The lowest BCUT2D eigenvalue weighted by Crippen LogP contribution is -2.30. The van der Waals surface area contributed by atoms with Crippen LogP contribution in [0.4, 0.5) is 15.8 Å². The van der Waals surface area contributed by atoms with Gasteiger partial charge in [0.1, 0.15) is 11.6 Å². The quantitative estimate of drug-likeness (QED) is 0.484. The van der Waals surface area contributed by atoms with E-state index in [0.29, 0.717) is 17.0 Å². The van der Waals surface area contributed by atoms with Gasteiger partial charge in [-0.05, 0) is 79.4 Å². The number of aryl methyl sites for hydroxylation is 2. The van der Waals surface area contributed by atoms with Crippen molar-refractivity contribution in [3.63, 3.8) is 0 Å². The number of carbonyl (C=O) groups excluding carboxylic acids is 2. The summed E-state index contributed by atoms with van der Waals surface area (Å²) in [6, 6.07) is 18.2. The van der Waals surface area contributed by atoms with Gasteiger partial charge in [-0.15, -0.1) is 0 Å². The molecule has 32 heavy (non-hydrogen) atoms. The fourth-order valence-electron chi connectivity index (χ4n) is 3.31. The summed E-state index contributed by atoms with van der Waals surface area (Å²) in [5.41, 5.74) is 4.04. The number of carbonyl (C=O) groups is 2. The van der Waals surface area contributed by atoms with Crippen molar-refractivity contribution in [3.8, 4) is 5.75 Å². The van der Waals surface area contributed by atoms with Gasteiger partial charge in [0.2, 0.25) is 0 Å². The van der Waals surface area contributed by atoms with Crippen LogP contribution in [0.25, 0.3) is 0 Å². The fourth-order valence-corrected chi connectivity index (χ4v) is 3.31. The third kappa shape index (κ3) is 5.72. The summed E-state index contributed by atoms with van der Waals surface area (Å²) >= 11 is 0. The van der Waals surface area contributed by atoms with Crippen LogP contribution in [0.2, 0.25) is 0 Å². The molecule has 0 aromatic heterocycles. The maximum absolute atomic E-state index is 13.0. The number of benzene rings is 3. The van der Waals surface area contributed by atoms with Gasteiger partial charge in [0, 0.05) is 16.9 Å². The van der Waals surface area contributed by atoms with Crippen molar-refractivity contribution in [2.45, 2.75) is 39.7 Å². The molecule has 6 heteroatoms. The molecule has 0 saturated carbocycles. The van der Waals surface area contributed by atoms with E-state index in [-0.39, 0.29) is 17.6 Å². The molecule has 1 atom stereocenters. The van der Waals surface area contributed by atoms with Crippen molar-refractivity contribution in [1.82, 2.24) is 0 Å². The first-order valence-corrected chi connectivity index (χ1v) is 10.7. The van der Waals surface area contributed by atoms with Crippen LogP contribution in [0.15, 0.2) is 66.7 Å². The fraction of sp³-hybridized carbons (Fsp3) is 0.231. The van der Waals surface area contributed by atoms with Crippen LogP contribution in [0.1, 0.15) is 42.3 Å². The van der Waals surface area contributed by atoms with E-state index in [1.54, 1.807) is 31.2 Å². The number of hydrogen-bond donors (Lipinski definition) is 2.